The molecule has 0 atom stereocenters. The summed E-state index contributed by atoms with van der Waals surface area (Å²) in [5.41, 5.74) is 0. The zero-order valence-electron chi connectivity index (χ0n) is 10.7. The van der Waals surface area contributed by atoms with Crippen LogP contribution in [0.3, 0.4) is 0 Å². The van der Waals surface area contributed by atoms with Gasteiger partial charge in [-0.2, -0.15) is 13.2 Å². The molecular weight excluding hydrogens is 265 g/mol. The summed E-state index contributed by atoms with van der Waals surface area (Å²) in [6.45, 7) is 3.17. The van der Waals surface area contributed by atoms with Crippen molar-refractivity contribution in [2.24, 2.45) is 0 Å². The van der Waals surface area contributed by atoms with Crippen LogP contribution in [-0.2, 0) is 14.3 Å². The summed E-state index contributed by atoms with van der Waals surface area (Å²) in [5, 5.41) is 0. The van der Waals surface area contributed by atoms with Crippen LogP contribution in [-0.4, -0.2) is 67.2 Å². The Morgan fingerprint density at radius 3 is 2.21 bits per heavy atom. The molecule has 0 unspecified atom stereocenters. The minimum absolute atomic E-state index is 0.0417. The topological polar surface area (TPSA) is 49.9 Å². The number of carbonyl (C=O) groups is 2. The molecule has 1 saturated heterocycles. The first-order chi connectivity index (χ1) is 8.84. The summed E-state index contributed by atoms with van der Waals surface area (Å²) in [4.78, 5) is 24.5. The number of piperazine rings is 1. The van der Waals surface area contributed by atoms with E-state index >= 15 is 0 Å². The predicted molar refractivity (Wildman–Crippen MR) is 60.3 cm³/mol. The second-order valence-corrected chi connectivity index (χ2v) is 4.21. The predicted octanol–water partition coefficient (Wildman–Crippen LogP) is 0.646. The number of halogens is 3. The molecule has 19 heavy (non-hydrogen) atoms. The zero-order chi connectivity index (χ0) is 14.5. The molecule has 0 radical (unpaired) electrons. The molecule has 0 aromatic heterocycles. The lowest BCUT2D eigenvalue weighted by Crippen LogP contribution is -2.52. The number of ether oxygens (including phenoxy) is 1. The zero-order valence-corrected chi connectivity index (χ0v) is 10.7. The first-order valence-electron chi connectivity index (χ1n) is 6.08. The molecule has 1 heterocycles. The highest BCUT2D eigenvalue weighted by molar-refractivity contribution is 5.81. The second kappa shape index (κ2) is 6.74. The van der Waals surface area contributed by atoms with E-state index in [9.17, 15) is 22.8 Å². The first-order valence-corrected chi connectivity index (χ1v) is 6.08. The van der Waals surface area contributed by atoms with Crippen molar-refractivity contribution in [2.75, 3.05) is 39.3 Å². The van der Waals surface area contributed by atoms with Crippen molar-refractivity contribution < 1.29 is 27.5 Å². The molecule has 1 rings (SSSR count). The lowest BCUT2D eigenvalue weighted by Gasteiger charge is -2.34. The van der Waals surface area contributed by atoms with Crippen molar-refractivity contribution in [3.05, 3.63) is 0 Å². The van der Waals surface area contributed by atoms with Gasteiger partial charge >= 0.3 is 18.1 Å². The molecule has 1 aliphatic heterocycles. The fraction of sp³-hybridized carbons (Fsp3) is 0.818. The molecule has 0 aromatic carbocycles. The third-order valence-electron chi connectivity index (χ3n) is 2.86. The van der Waals surface area contributed by atoms with E-state index in [2.05, 4.69) is 0 Å². The number of nitrogens with zero attached hydrogens (tertiary/aromatic N) is 2. The van der Waals surface area contributed by atoms with Crippen LogP contribution in [0.4, 0.5) is 13.2 Å². The van der Waals surface area contributed by atoms with Gasteiger partial charge in [0.1, 0.15) is 6.61 Å². The SMILES string of the molecule is CCC(=O)OCCN1CCN(C(=O)C(F)(F)F)CC1. The van der Waals surface area contributed by atoms with Crippen LogP contribution in [0.2, 0.25) is 0 Å². The van der Waals surface area contributed by atoms with Gasteiger partial charge in [0.25, 0.3) is 0 Å². The third-order valence-corrected chi connectivity index (χ3v) is 2.86. The number of rotatable bonds is 4. The van der Waals surface area contributed by atoms with Gasteiger partial charge in [-0.25, -0.2) is 0 Å². The maximum Gasteiger partial charge on any atom is 0.471 e. The summed E-state index contributed by atoms with van der Waals surface area (Å²) >= 11 is 0. The van der Waals surface area contributed by atoms with E-state index in [-0.39, 0.29) is 25.7 Å². The summed E-state index contributed by atoms with van der Waals surface area (Å²) in [6, 6.07) is 0. The molecule has 0 aromatic rings. The molecule has 0 N–H and O–H groups in total. The van der Waals surface area contributed by atoms with E-state index < -0.39 is 12.1 Å². The van der Waals surface area contributed by atoms with Crippen LogP contribution >= 0.6 is 0 Å². The Labute approximate surface area is 109 Å². The van der Waals surface area contributed by atoms with Crippen LogP contribution < -0.4 is 0 Å². The van der Waals surface area contributed by atoms with Gasteiger partial charge < -0.3 is 9.64 Å². The van der Waals surface area contributed by atoms with Crippen molar-refractivity contribution in [1.29, 1.82) is 0 Å². The van der Waals surface area contributed by atoms with E-state index in [1.165, 1.54) is 0 Å². The maximum atomic E-state index is 12.2. The average molecular weight is 282 g/mol. The number of alkyl halides is 3. The average Bonchev–Trinajstić information content (AvgIpc) is 2.37. The van der Waals surface area contributed by atoms with Gasteiger partial charge in [-0.1, -0.05) is 6.92 Å². The van der Waals surface area contributed by atoms with Crippen molar-refractivity contribution in [3.8, 4) is 0 Å². The highest BCUT2D eigenvalue weighted by Crippen LogP contribution is 2.19. The molecule has 1 aliphatic rings. The maximum absolute atomic E-state index is 12.2. The molecule has 1 amide bonds. The fourth-order valence-corrected chi connectivity index (χ4v) is 1.74. The molecule has 110 valence electrons. The molecule has 1 fully saturated rings. The smallest absolute Gasteiger partial charge is 0.464 e. The number of hydrogen-bond donors (Lipinski definition) is 0. The number of amides is 1. The van der Waals surface area contributed by atoms with Crippen LogP contribution in [0.15, 0.2) is 0 Å². The van der Waals surface area contributed by atoms with Crippen molar-refractivity contribution in [3.63, 3.8) is 0 Å². The van der Waals surface area contributed by atoms with Gasteiger partial charge in [0.05, 0.1) is 0 Å². The Bertz CT molecular complexity index is 326. The number of hydrogen-bond acceptors (Lipinski definition) is 4. The monoisotopic (exact) mass is 282 g/mol. The minimum atomic E-state index is -4.81. The summed E-state index contributed by atoms with van der Waals surface area (Å²) in [7, 11) is 0. The van der Waals surface area contributed by atoms with Crippen LogP contribution in [0.25, 0.3) is 0 Å². The summed E-state index contributed by atoms with van der Waals surface area (Å²) < 4.78 is 41.5. The lowest BCUT2D eigenvalue weighted by atomic mass is 10.3. The van der Waals surface area contributed by atoms with Crippen LogP contribution in [0.5, 0.6) is 0 Å². The molecule has 0 aliphatic carbocycles. The molecule has 0 bridgehead atoms. The second-order valence-electron chi connectivity index (χ2n) is 4.21. The van der Waals surface area contributed by atoms with Crippen molar-refractivity contribution in [1.82, 2.24) is 9.80 Å². The van der Waals surface area contributed by atoms with E-state index in [1.54, 1.807) is 6.92 Å². The quantitative estimate of drug-likeness (QED) is 0.710. The normalized spacial score (nSPS) is 17.4. The minimum Gasteiger partial charge on any atom is -0.464 e. The molecular formula is C11H17F3N2O3. The highest BCUT2D eigenvalue weighted by Gasteiger charge is 2.43. The molecule has 0 spiro atoms. The van der Waals surface area contributed by atoms with Crippen molar-refractivity contribution >= 4 is 11.9 Å². The van der Waals surface area contributed by atoms with Gasteiger partial charge in [0.2, 0.25) is 0 Å². The standard InChI is InChI=1S/C11H17F3N2O3/c1-2-9(17)19-8-7-15-3-5-16(6-4-15)10(18)11(12,13)14/h2-8H2,1H3. The van der Waals surface area contributed by atoms with Crippen molar-refractivity contribution in [2.45, 2.75) is 19.5 Å². The third kappa shape index (κ3) is 5.06. The van der Waals surface area contributed by atoms with Gasteiger partial charge in [-0.3, -0.25) is 14.5 Å². The number of carbonyl (C=O) groups excluding carboxylic acids is 2. The molecule has 8 heteroatoms. The Hall–Kier alpha value is -1.31. The molecule has 0 saturated carbocycles. The Balaban J connectivity index is 2.26. The Morgan fingerprint density at radius 2 is 1.74 bits per heavy atom. The van der Waals surface area contributed by atoms with Crippen LogP contribution in [0.1, 0.15) is 13.3 Å². The largest absolute Gasteiger partial charge is 0.471 e. The molecule has 5 nitrogen and oxygen atoms in total. The van der Waals surface area contributed by atoms with E-state index in [0.29, 0.717) is 26.1 Å². The Morgan fingerprint density at radius 1 is 1.16 bits per heavy atom. The number of esters is 1. The van der Waals surface area contributed by atoms with Gasteiger partial charge in [0, 0.05) is 39.1 Å². The summed E-state index contributed by atoms with van der Waals surface area (Å²) in [5.74, 6) is -2.09. The highest BCUT2D eigenvalue weighted by atomic mass is 19.4. The van der Waals surface area contributed by atoms with E-state index in [4.69, 9.17) is 4.74 Å². The van der Waals surface area contributed by atoms with Gasteiger partial charge in [0.15, 0.2) is 0 Å². The van der Waals surface area contributed by atoms with E-state index in [0.717, 1.165) is 4.90 Å². The summed E-state index contributed by atoms with van der Waals surface area (Å²) in [6.07, 6.45) is -4.51. The van der Waals surface area contributed by atoms with Crippen LogP contribution in [0, 0.1) is 0 Å². The van der Waals surface area contributed by atoms with Gasteiger partial charge in [-0.05, 0) is 0 Å². The van der Waals surface area contributed by atoms with E-state index in [1.807, 2.05) is 4.90 Å². The first kappa shape index (κ1) is 15.7. The lowest BCUT2D eigenvalue weighted by molar-refractivity contribution is -0.187. The fourth-order valence-electron chi connectivity index (χ4n) is 1.74. The Kier molecular flexibility index (Phi) is 5.59. The van der Waals surface area contributed by atoms with Gasteiger partial charge in [-0.15, -0.1) is 0 Å².